The summed E-state index contributed by atoms with van der Waals surface area (Å²) in [5.41, 5.74) is 4.15. The Morgan fingerprint density at radius 3 is 2.29 bits per heavy atom. The lowest BCUT2D eigenvalue weighted by Crippen LogP contribution is -2.50. The molecule has 2 amide bonds. The topological polar surface area (TPSA) is 99.9 Å². The van der Waals surface area contributed by atoms with Crippen LogP contribution < -0.4 is 5.32 Å². The van der Waals surface area contributed by atoms with E-state index in [4.69, 9.17) is 27.6 Å². The van der Waals surface area contributed by atoms with Gasteiger partial charge in [-0.25, -0.2) is 8.42 Å². The van der Waals surface area contributed by atoms with Crippen LogP contribution in [-0.2, 0) is 16.6 Å². The van der Waals surface area contributed by atoms with E-state index in [1.165, 1.54) is 27.6 Å². The van der Waals surface area contributed by atoms with Crippen molar-refractivity contribution in [3.8, 4) is 11.1 Å². The summed E-state index contributed by atoms with van der Waals surface area (Å²) in [6, 6.07) is 21.6. The molecular weight excluding hydrogens is 585 g/mol. The molecule has 1 aromatic heterocycles. The van der Waals surface area contributed by atoms with Gasteiger partial charge in [-0.15, -0.1) is 0 Å². The van der Waals surface area contributed by atoms with Crippen molar-refractivity contribution in [3.05, 3.63) is 112 Å². The molecule has 41 heavy (non-hydrogen) atoms. The van der Waals surface area contributed by atoms with Crippen molar-refractivity contribution in [1.29, 1.82) is 0 Å². The lowest BCUT2D eigenvalue weighted by atomic mass is 9.98. The van der Waals surface area contributed by atoms with Gasteiger partial charge in [0.1, 0.15) is 4.90 Å². The van der Waals surface area contributed by atoms with Crippen molar-refractivity contribution >= 4 is 45.0 Å². The first-order chi connectivity index (χ1) is 19.6. The number of hydrogen-bond acceptors (Lipinski definition) is 5. The number of hydrogen-bond donors (Lipinski definition) is 1. The number of rotatable bonds is 7. The molecule has 1 fully saturated rings. The van der Waals surface area contributed by atoms with Gasteiger partial charge in [0.05, 0.1) is 21.9 Å². The molecule has 0 unspecified atom stereocenters. The molecule has 1 N–H and O–H groups in total. The average molecular weight is 613 g/mol. The zero-order valence-electron chi connectivity index (χ0n) is 22.1. The highest BCUT2D eigenvalue weighted by Crippen LogP contribution is 2.31. The van der Waals surface area contributed by atoms with Crippen molar-refractivity contribution in [2.45, 2.75) is 18.4 Å². The third kappa shape index (κ3) is 6.18. The smallest absolute Gasteiger partial charge is 0.289 e. The van der Waals surface area contributed by atoms with E-state index in [9.17, 15) is 18.0 Å². The SMILES string of the molecule is Cc1cc(CNC(=O)c2cc(S(=O)(=O)N3CCN(C(=O)c4ccco4)CC3)c(Cl)cc2Cl)ccc1-c1ccccc1. The van der Waals surface area contributed by atoms with Crippen LogP contribution in [0.15, 0.2) is 88.4 Å². The van der Waals surface area contributed by atoms with Gasteiger partial charge in [0.2, 0.25) is 10.0 Å². The number of piperazine rings is 1. The normalized spacial score (nSPS) is 14.2. The second kappa shape index (κ2) is 12.1. The van der Waals surface area contributed by atoms with Crippen LogP contribution in [0.1, 0.15) is 32.0 Å². The Labute approximate surface area is 248 Å². The molecule has 1 aliphatic heterocycles. The zero-order valence-corrected chi connectivity index (χ0v) is 24.5. The molecule has 1 saturated heterocycles. The highest BCUT2D eigenvalue weighted by molar-refractivity contribution is 7.89. The Bertz CT molecular complexity index is 1680. The molecular formula is C30H27Cl2N3O5S. The van der Waals surface area contributed by atoms with Crippen molar-refractivity contribution < 1.29 is 22.4 Å². The average Bonchev–Trinajstić information content (AvgIpc) is 3.51. The predicted molar refractivity (Wildman–Crippen MR) is 158 cm³/mol. The van der Waals surface area contributed by atoms with E-state index in [-0.39, 0.29) is 64.9 Å². The molecule has 11 heteroatoms. The molecule has 5 rings (SSSR count). The molecule has 0 radical (unpaired) electrons. The van der Waals surface area contributed by atoms with Gasteiger partial charge in [0.15, 0.2) is 5.76 Å². The number of nitrogens with one attached hydrogen (secondary N) is 1. The van der Waals surface area contributed by atoms with Crippen LogP contribution in [0.5, 0.6) is 0 Å². The number of carbonyl (C=O) groups excluding carboxylic acids is 2. The van der Waals surface area contributed by atoms with Gasteiger partial charge in [-0.2, -0.15) is 4.31 Å². The molecule has 0 aliphatic carbocycles. The summed E-state index contributed by atoms with van der Waals surface area (Å²) in [5.74, 6) is -0.637. The highest BCUT2D eigenvalue weighted by Gasteiger charge is 2.33. The number of aryl methyl sites for hydroxylation is 1. The van der Waals surface area contributed by atoms with E-state index in [1.807, 2.05) is 55.5 Å². The fraction of sp³-hybridized carbons (Fsp3) is 0.200. The van der Waals surface area contributed by atoms with Crippen molar-refractivity contribution in [2.24, 2.45) is 0 Å². The molecule has 1 aliphatic rings. The molecule has 3 aromatic carbocycles. The van der Waals surface area contributed by atoms with Crippen LogP contribution in [-0.4, -0.2) is 55.6 Å². The van der Waals surface area contributed by atoms with Crippen molar-refractivity contribution in [2.75, 3.05) is 26.2 Å². The third-order valence-electron chi connectivity index (χ3n) is 6.97. The van der Waals surface area contributed by atoms with Gasteiger partial charge >= 0.3 is 0 Å². The van der Waals surface area contributed by atoms with Gasteiger partial charge in [0, 0.05) is 32.7 Å². The quantitative estimate of drug-likeness (QED) is 0.291. The fourth-order valence-corrected chi connectivity index (χ4v) is 7.04. The van der Waals surface area contributed by atoms with Crippen LogP contribution >= 0.6 is 23.2 Å². The monoisotopic (exact) mass is 611 g/mol. The number of benzene rings is 3. The molecule has 4 aromatic rings. The summed E-state index contributed by atoms with van der Waals surface area (Å²) in [6.07, 6.45) is 1.41. The summed E-state index contributed by atoms with van der Waals surface area (Å²) < 4.78 is 33.4. The number of amides is 2. The summed E-state index contributed by atoms with van der Waals surface area (Å²) in [4.78, 5) is 27.0. The maximum Gasteiger partial charge on any atom is 0.289 e. The Morgan fingerprint density at radius 1 is 0.902 bits per heavy atom. The number of carbonyl (C=O) groups is 2. The van der Waals surface area contributed by atoms with E-state index in [1.54, 1.807) is 12.1 Å². The standard InChI is InChI=1S/C30H27Cl2N3O5S/c1-20-16-21(9-10-23(20)22-6-3-2-4-7-22)19-33-29(36)24-17-28(26(32)18-25(24)31)41(38,39)35-13-11-34(12-14-35)30(37)27-8-5-15-40-27/h2-10,15-18H,11-14,19H2,1H3,(H,33,36). The predicted octanol–water partition coefficient (Wildman–Crippen LogP) is 5.64. The van der Waals surface area contributed by atoms with Gasteiger partial charge in [-0.3, -0.25) is 9.59 Å². The molecule has 0 saturated carbocycles. The molecule has 8 nitrogen and oxygen atoms in total. The van der Waals surface area contributed by atoms with Crippen LogP contribution in [0.3, 0.4) is 0 Å². The van der Waals surface area contributed by atoms with Crippen LogP contribution in [0, 0.1) is 6.92 Å². The minimum Gasteiger partial charge on any atom is -0.459 e. The number of sulfonamides is 1. The van der Waals surface area contributed by atoms with Gasteiger partial charge in [-0.05, 0) is 53.4 Å². The Morgan fingerprint density at radius 2 is 1.63 bits per heavy atom. The lowest BCUT2D eigenvalue weighted by Gasteiger charge is -2.33. The first kappa shape index (κ1) is 28.9. The molecule has 0 spiro atoms. The van der Waals surface area contributed by atoms with Crippen molar-refractivity contribution in [3.63, 3.8) is 0 Å². The lowest BCUT2D eigenvalue weighted by molar-refractivity contribution is 0.0665. The summed E-state index contributed by atoms with van der Waals surface area (Å²) in [6.45, 7) is 2.72. The number of furan rings is 1. The number of nitrogens with zero attached hydrogens (tertiary/aromatic N) is 2. The summed E-state index contributed by atoms with van der Waals surface area (Å²) in [5, 5.41) is 2.77. The Kier molecular flexibility index (Phi) is 8.51. The Balaban J connectivity index is 1.28. The maximum absolute atomic E-state index is 13.5. The van der Waals surface area contributed by atoms with E-state index < -0.39 is 15.9 Å². The molecule has 2 heterocycles. The number of halogens is 2. The van der Waals surface area contributed by atoms with Crippen LogP contribution in [0.2, 0.25) is 10.0 Å². The first-order valence-corrected chi connectivity index (χ1v) is 15.1. The third-order valence-corrected chi connectivity index (χ3v) is 9.65. The molecule has 0 bridgehead atoms. The fourth-order valence-electron chi connectivity index (χ4n) is 4.78. The Hall–Kier alpha value is -3.63. The molecule has 0 atom stereocenters. The zero-order chi connectivity index (χ0) is 29.1. The molecule has 212 valence electrons. The van der Waals surface area contributed by atoms with Gasteiger partial charge in [-0.1, -0.05) is 71.7 Å². The highest BCUT2D eigenvalue weighted by atomic mass is 35.5. The maximum atomic E-state index is 13.5. The van der Waals surface area contributed by atoms with E-state index in [0.29, 0.717) is 0 Å². The van der Waals surface area contributed by atoms with Gasteiger partial charge < -0.3 is 14.6 Å². The second-order valence-corrected chi connectivity index (χ2v) is 12.4. The summed E-state index contributed by atoms with van der Waals surface area (Å²) in [7, 11) is -4.07. The van der Waals surface area contributed by atoms with Crippen LogP contribution in [0.25, 0.3) is 11.1 Å². The van der Waals surface area contributed by atoms with E-state index >= 15 is 0 Å². The first-order valence-electron chi connectivity index (χ1n) is 12.9. The van der Waals surface area contributed by atoms with Crippen LogP contribution in [0.4, 0.5) is 0 Å². The van der Waals surface area contributed by atoms with E-state index in [2.05, 4.69) is 5.32 Å². The van der Waals surface area contributed by atoms with Crippen molar-refractivity contribution in [1.82, 2.24) is 14.5 Å². The van der Waals surface area contributed by atoms with E-state index in [0.717, 1.165) is 22.3 Å². The minimum absolute atomic E-state index is 0.00102. The van der Waals surface area contributed by atoms with Gasteiger partial charge in [0.25, 0.3) is 11.8 Å². The second-order valence-electron chi connectivity index (χ2n) is 9.63. The summed E-state index contributed by atoms with van der Waals surface area (Å²) >= 11 is 12.6. The minimum atomic E-state index is -4.07. The largest absolute Gasteiger partial charge is 0.459 e.